The van der Waals surface area contributed by atoms with E-state index in [2.05, 4.69) is 16.9 Å². The number of carbonyl (C=O) groups excluding carboxylic acids is 1. The van der Waals surface area contributed by atoms with E-state index in [9.17, 15) is 9.59 Å². The highest BCUT2D eigenvalue weighted by molar-refractivity contribution is 7.99. The first-order valence-corrected chi connectivity index (χ1v) is 11.5. The molecule has 1 aliphatic heterocycles. The lowest BCUT2D eigenvalue weighted by atomic mass is 10.1. The summed E-state index contributed by atoms with van der Waals surface area (Å²) in [5.74, 6) is 1.48. The van der Waals surface area contributed by atoms with Crippen molar-refractivity contribution in [3.8, 4) is 11.5 Å². The molecular formula is C23H22ClN3O4S. The molecule has 2 heterocycles. The average molecular weight is 472 g/mol. The molecule has 0 aliphatic carbocycles. The first kappa shape index (κ1) is 22.2. The van der Waals surface area contributed by atoms with Gasteiger partial charge in [-0.2, -0.15) is 0 Å². The fourth-order valence-corrected chi connectivity index (χ4v) is 4.35. The van der Waals surface area contributed by atoms with Crippen molar-refractivity contribution in [1.82, 2.24) is 14.9 Å². The van der Waals surface area contributed by atoms with E-state index in [1.165, 1.54) is 16.3 Å². The second-order valence-corrected chi connectivity index (χ2v) is 8.51. The molecule has 9 heteroatoms. The minimum atomic E-state index is -0.187. The van der Waals surface area contributed by atoms with Crippen molar-refractivity contribution >= 4 is 40.2 Å². The number of nitrogens with zero attached hydrogens (tertiary/aromatic N) is 2. The zero-order chi connectivity index (χ0) is 22.5. The Morgan fingerprint density at radius 1 is 1.22 bits per heavy atom. The number of fused-ring (bicyclic) bond motifs is 2. The van der Waals surface area contributed by atoms with E-state index in [0.29, 0.717) is 53.8 Å². The van der Waals surface area contributed by atoms with Crippen LogP contribution in [0.5, 0.6) is 11.5 Å². The molecular weight excluding hydrogens is 450 g/mol. The van der Waals surface area contributed by atoms with Crippen LogP contribution >= 0.6 is 23.4 Å². The minimum absolute atomic E-state index is 0.136. The second kappa shape index (κ2) is 10.1. The average Bonchev–Trinajstić information content (AvgIpc) is 2.79. The zero-order valence-electron chi connectivity index (χ0n) is 17.3. The highest BCUT2D eigenvalue weighted by atomic mass is 35.5. The van der Waals surface area contributed by atoms with Crippen LogP contribution in [0.15, 0.2) is 59.0 Å². The van der Waals surface area contributed by atoms with Crippen LogP contribution in [0.3, 0.4) is 0 Å². The molecule has 4 rings (SSSR count). The van der Waals surface area contributed by atoms with Crippen molar-refractivity contribution in [3.63, 3.8) is 0 Å². The van der Waals surface area contributed by atoms with Crippen molar-refractivity contribution in [2.45, 2.75) is 18.1 Å². The van der Waals surface area contributed by atoms with Crippen molar-refractivity contribution in [2.24, 2.45) is 0 Å². The Labute approximate surface area is 194 Å². The van der Waals surface area contributed by atoms with Crippen LogP contribution in [-0.4, -0.2) is 41.0 Å². The number of halogens is 1. The SMILES string of the molecule is C=CCn1c(SCC(=O)NCCc2ccc3c(c2)OCCO3)nc2cc(Cl)ccc2c1=O. The summed E-state index contributed by atoms with van der Waals surface area (Å²) < 4.78 is 12.6. The van der Waals surface area contributed by atoms with E-state index < -0.39 is 0 Å². The summed E-state index contributed by atoms with van der Waals surface area (Å²) in [6.45, 7) is 5.59. The largest absolute Gasteiger partial charge is 0.486 e. The number of nitrogens with one attached hydrogen (secondary N) is 1. The number of amides is 1. The molecule has 3 aromatic rings. The number of allylic oxidation sites excluding steroid dienone is 1. The Balaban J connectivity index is 1.37. The lowest BCUT2D eigenvalue weighted by Crippen LogP contribution is -2.28. The van der Waals surface area contributed by atoms with Gasteiger partial charge >= 0.3 is 0 Å². The summed E-state index contributed by atoms with van der Waals surface area (Å²) in [5.41, 5.74) is 1.37. The smallest absolute Gasteiger partial charge is 0.262 e. The van der Waals surface area contributed by atoms with Gasteiger partial charge in [0, 0.05) is 18.1 Å². The Kier molecular flexibility index (Phi) is 7.02. The maximum absolute atomic E-state index is 12.8. The number of rotatable bonds is 8. The summed E-state index contributed by atoms with van der Waals surface area (Å²) in [7, 11) is 0. The lowest BCUT2D eigenvalue weighted by molar-refractivity contribution is -0.118. The van der Waals surface area contributed by atoms with Gasteiger partial charge in [-0.3, -0.25) is 14.2 Å². The summed E-state index contributed by atoms with van der Waals surface area (Å²) in [6, 6.07) is 10.8. The molecule has 1 amide bonds. The van der Waals surface area contributed by atoms with Crippen molar-refractivity contribution in [1.29, 1.82) is 0 Å². The molecule has 166 valence electrons. The van der Waals surface area contributed by atoms with Gasteiger partial charge in [-0.25, -0.2) is 4.98 Å². The molecule has 0 atom stereocenters. The number of thioether (sulfide) groups is 1. The number of hydrogen-bond acceptors (Lipinski definition) is 6. The van der Waals surface area contributed by atoms with Crippen LogP contribution in [-0.2, 0) is 17.8 Å². The van der Waals surface area contributed by atoms with Crippen LogP contribution < -0.4 is 20.3 Å². The Bertz CT molecular complexity index is 1230. The quantitative estimate of drug-likeness (QED) is 0.308. The highest BCUT2D eigenvalue weighted by Gasteiger charge is 2.14. The second-order valence-electron chi connectivity index (χ2n) is 7.13. The summed E-state index contributed by atoms with van der Waals surface area (Å²) in [6.07, 6.45) is 2.29. The van der Waals surface area contributed by atoms with Gasteiger partial charge in [-0.05, 0) is 42.3 Å². The molecule has 1 aromatic heterocycles. The zero-order valence-corrected chi connectivity index (χ0v) is 18.9. The predicted molar refractivity (Wildman–Crippen MR) is 126 cm³/mol. The van der Waals surface area contributed by atoms with Crippen molar-refractivity contribution < 1.29 is 14.3 Å². The van der Waals surface area contributed by atoms with E-state index in [-0.39, 0.29) is 17.2 Å². The molecule has 0 radical (unpaired) electrons. The fraction of sp³-hybridized carbons (Fsp3) is 0.261. The van der Waals surface area contributed by atoms with Crippen LogP contribution in [0.2, 0.25) is 5.02 Å². The first-order chi connectivity index (χ1) is 15.5. The maximum atomic E-state index is 12.8. The topological polar surface area (TPSA) is 82.5 Å². The van der Waals surface area contributed by atoms with E-state index in [0.717, 1.165) is 17.1 Å². The van der Waals surface area contributed by atoms with E-state index in [1.54, 1.807) is 24.3 Å². The molecule has 1 N–H and O–H groups in total. The first-order valence-electron chi connectivity index (χ1n) is 10.1. The Morgan fingerprint density at radius 3 is 2.84 bits per heavy atom. The highest BCUT2D eigenvalue weighted by Crippen LogP contribution is 2.30. The van der Waals surface area contributed by atoms with E-state index in [4.69, 9.17) is 21.1 Å². The molecule has 0 unspecified atom stereocenters. The van der Waals surface area contributed by atoms with E-state index in [1.807, 2.05) is 18.2 Å². The van der Waals surface area contributed by atoms with Gasteiger partial charge in [0.15, 0.2) is 16.7 Å². The van der Waals surface area contributed by atoms with Gasteiger partial charge in [0.05, 0.1) is 16.7 Å². The van der Waals surface area contributed by atoms with Crippen molar-refractivity contribution in [3.05, 3.63) is 70.0 Å². The molecule has 32 heavy (non-hydrogen) atoms. The Hall–Kier alpha value is -2.97. The van der Waals surface area contributed by atoms with Crippen LogP contribution in [0.1, 0.15) is 5.56 Å². The molecule has 1 aliphatic rings. The standard InChI is InChI=1S/C23H22ClN3O4S/c1-2-9-27-22(29)17-5-4-16(24)13-18(17)26-23(27)32-14-21(28)25-8-7-15-3-6-19-20(12-15)31-11-10-30-19/h2-6,12-13H,1,7-11,14H2,(H,25,28). The molecule has 0 saturated carbocycles. The van der Waals surface area contributed by atoms with Crippen molar-refractivity contribution in [2.75, 3.05) is 25.5 Å². The van der Waals surface area contributed by atoms with Gasteiger partial charge in [-0.15, -0.1) is 6.58 Å². The van der Waals surface area contributed by atoms with Crippen LogP contribution in [0, 0.1) is 0 Å². The number of aromatic nitrogens is 2. The predicted octanol–water partition coefficient (Wildman–Crippen LogP) is 3.46. The number of benzene rings is 2. The van der Waals surface area contributed by atoms with Crippen LogP contribution in [0.4, 0.5) is 0 Å². The monoisotopic (exact) mass is 471 g/mol. The van der Waals surface area contributed by atoms with E-state index >= 15 is 0 Å². The fourth-order valence-electron chi connectivity index (χ4n) is 3.34. The molecule has 0 saturated heterocycles. The number of ether oxygens (including phenoxy) is 2. The molecule has 7 nitrogen and oxygen atoms in total. The maximum Gasteiger partial charge on any atom is 0.262 e. The van der Waals surface area contributed by atoms with Crippen LogP contribution in [0.25, 0.3) is 10.9 Å². The molecule has 0 bridgehead atoms. The third-order valence-electron chi connectivity index (χ3n) is 4.87. The summed E-state index contributed by atoms with van der Waals surface area (Å²) >= 11 is 7.26. The lowest BCUT2D eigenvalue weighted by Gasteiger charge is -2.18. The molecule has 0 fully saturated rings. The summed E-state index contributed by atoms with van der Waals surface area (Å²) in [4.78, 5) is 29.7. The Morgan fingerprint density at radius 2 is 2.03 bits per heavy atom. The molecule has 2 aromatic carbocycles. The third kappa shape index (κ3) is 5.08. The number of hydrogen-bond donors (Lipinski definition) is 1. The third-order valence-corrected chi connectivity index (χ3v) is 6.08. The summed E-state index contributed by atoms with van der Waals surface area (Å²) in [5, 5.41) is 4.33. The number of carbonyl (C=O) groups is 1. The van der Waals surface area contributed by atoms with Gasteiger partial charge in [0.1, 0.15) is 13.2 Å². The molecule has 0 spiro atoms. The minimum Gasteiger partial charge on any atom is -0.486 e. The van der Waals surface area contributed by atoms with Gasteiger partial charge < -0.3 is 14.8 Å². The normalized spacial score (nSPS) is 12.5. The van der Waals surface area contributed by atoms with Gasteiger partial charge in [-0.1, -0.05) is 35.5 Å². The van der Waals surface area contributed by atoms with Gasteiger partial charge in [0.25, 0.3) is 5.56 Å². The van der Waals surface area contributed by atoms with Gasteiger partial charge in [0.2, 0.25) is 5.91 Å².